The summed E-state index contributed by atoms with van der Waals surface area (Å²) in [4.78, 5) is 56.1. The Kier molecular flexibility index (Phi) is 5.11. The fraction of sp³-hybridized carbons (Fsp3) is 0.375. The first-order valence-electron chi connectivity index (χ1n) is 11.1. The van der Waals surface area contributed by atoms with Crippen molar-refractivity contribution >= 4 is 29.5 Å². The van der Waals surface area contributed by atoms with E-state index in [0.717, 1.165) is 24.6 Å². The summed E-state index contributed by atoms with van der Waals surface area (Å²) in [6.45, 7) is 2.04. The molecule has 0 bridgehead atoms. The number of imide groups is 1. The Morgan fingerprint density at radius 2 is 2.03 bits per heavy atom. The van der Waals surface area contributed by atoms with E-state index >= 15 is 0 Å². The maximum absolute atomic E-state index is 14.8. The van der Waals surface area contributed by atoms with E-state index in [1.165, 1.54) is 22.9 Å². The summed E-state index contributed by atoms with van der Waals surface area (Å²) in [6, 6.07) is 5.14. The number of pyridine rings is 1. The molecule has 0 radical (unpaired) electrons. The van der Waals surface area contributed by atoms with Crippen molar-refractivity contribution < 1.29 is 28.3 Å². The zero-order valence-electron chi connectivity index (χ0n) is 18.8. The monoisotopic (exact) mass is 466 g/mol. The molecule has 2 fully saturated rings. The molecule has 1 unspecified atom stereocenters. The normalized spacial score (nSPS) is 20.6. The van der Waals surface area contributed by atoms with Crippen molar-refractivity contribution in [3.63, 3.8) is 0 Å². The number of benzene rings is 1. The Morgan fingerprint density at radius 1 is 1.26 bits per heavy atom. The van der Waals surface area contributed by atoms with Crippen LogP contribution in [-0.2, 0) is 21.5 Å². The average molecular weight is 466 g/mol. The van der Waals surface area contributed by atoms with Gasteiger partial charge >= 0.3 is 6.09 Å². The van der Waals surface area contributed by atoms with Gasteiger partial charge < -0.3 is 9.64 Å². The fourth-order valence-electron chi connectivity index (χ4n) is 4.31. The van der Waals surface area contributed by atoms with Crippen LogP contribution < -0.4 is 15.0 Å². The lowest BCUT2D eigenvalue weighted by Crippen LogP contribution is -2.52. The van der Waals surface area contributed by atoms with Crippen molar-refractivity contribution in [3.8, 4) is 5.75 Å². The SMILES string of the molecule is CN(C(=O)Oc1cc(F)c2c(c1)C(=O)N(C1CCC(=O)NC1=O)C2)c1ccc(C2(C)CC2)nc1. The van der Waals surface area contributed by atoms with Crippen molar-refractivity contribution in [1.29, 1.82) is 0 Å². The lowest BCUT2D eigenvalue weighted by molar-refractivity contribution is -0.136. The number of halogens is 1. The van der Waals surface area contributed by atoms with Gasteiger partial charge in [0.25, 0.3) is 5.91 Å². The van der Waals surface area contributed by atoms with Crippen molar-refractivity contribution in [2.24, 2.45) is 0 Å². The van der Waals surface area contributed by atoms with Gasteiger partial charge in [0, 0.05) is 36.2 Å². The molecule has 1 aromatic carbocycles. The predicted octanol–water partition coefficient (Wildman–Crippen LogP) is 2.67. The van der Waals surface area contributed by atoms with Gasteiger partial charge in [-0.3, -0.25) is 29.6 Å². The van der Waals surface area contributed by atoms with Crippen molar-refractivity contribution in [2.75, 3.05) is 11.9 Å². The van der Waals surface area contributed by atoms with Crippen LogP contribution in [0.25, 0.3) is 0 Å². The molecular formula is C24H23FN4O5. The largest absolute Gasteiger partial charge is 0.419 e. The predicted molar refractivity (Wildman–Crippen MR) is 118 cm³/mol. The van der Waals surface area contributed by atoms with E-state index in [9.17, 15) is 23.6 Å². The number of ether oxygens (including phenoxy) is 1. The van der Waals surface area contributed by atoms with E-state index in [1.807, 2.05) is 6.07 Å². The maximum Gasteiger partial charge on any atom is 0.419 e. The smallest absolute Gasteiger partial charge is 0.410 e. The molecule has 176 valence electrons. The number of carbonyl (C=O) groups is 4. The van der Waals surface area contributed by atoms with Crippen LogP contribution >= 0.6 is 0 Å². The molecule has 1 aliphatic carbocycles. The van der Waals surface area contributed by atoms with Gasteiger partial charge in [-0.15, -0.1) is 0 Å². The first kappa shape index (κ1) is 22.0. The second kappa shape index (κ2) is 7.89. The van der Waals surface area contributed by atoms with Crippen molar-refractivity contribution in [3.05, 3.63) is 53.1 Å². The van der Waals surface area contributed by atoms with Gasteiger partial charge in [-0.2, -0.15) is 0 Å². The minimum Gasteiger partial charge on any atom is -0.410 e. The highest BCUT2D eigenvalue weighted by molar-refractivity contribution is 6.05. The van der Waals surface area contributed by atoms with Crippen LogP contribution in [0, 0.1) is 5.82 Å². The minimum absolute atomic E-state index is 0.0267. The van der Waals surface area contributed by atoms with Gasteiger partial charge in [0.1, 0.15) is 17.6 Å². The van der Waals surface area contributed by atoms with Crippen LogP contribution in [-0.4, -0.2) is 46.8 Å². The van der Waals surface area contributed by atoms with Crippen LogP contribution in [0.2, 0.25) is 0 Å². The summed E-state index contributed by atoms with van der Waals surface area (Å²) in [5, 5.41) is 2.20. The Morgan fingerprint density at radius 3 is 2.68 bits per heavy atom. The average Bonchev–Trinajstić information content (AvgIpc) is 3.48. The standard InChI is InChI=1S/C24H23FN4O5/c1-24(7-8-24)19-5-3-13(11-26-19)28(2)23(33)34-14-9-15-16(17(25)10-14)12-29(22(15)32)18-4-6-20(30)27-21(18)31/h3,5,9-11,18H,4,6-8,12H2,1-2H3,(H,27,30,31). The number of rotatable bonds is 4. The fourth-order valence-corrected chi connectivity index (χ4v) is 4.31. The molecule has 9 nitrogen and oxygen atoms in total. The number of anilines is 1. The molecule has 10 heteroatoms. The van der Waals surface area contributed by atoms with Crippen molar-refractivity contribution in [2.45, 2.75) is 50.6 Å². The lowest BCUT2D eigenvalue weighted by atomic mass is 10.0. The first-order valence-corrected chi connectivity index (χ1v) is 11.1. The summed E-state index contributed by atoms with van der Waals surface area (Å²) in [5.41, 5.74) is 1.74. The summed E-state index contributed by atoms with van der Waals surface area (Å²) in [6.07, 6.45) is 3.26. The lowest BCUT2D eigenvalue weighted by Gasteiger charge is -2.29. The van der Waals surface area contributed by atoms with Gasteiger partial charge in [0.15, 0.2) is 0 Å². The first-order chi connectivity index (χ1) is 16.2. The number of hydrogen-bond acceptors (Lipinski definition) is 6. The number of fused-ring (bicyclic) bond motifs is 1. The van der Waals surface area contributed by atoms with Crippen LogP contribution in [0.3, 0.4) is 0 Å². The number of piperidine rings is 1. The molecule has 1 atom stereocenters. The Bertz CT molecular complexity index is 1220. The molecule has 1 aromatic heterocycles. The number of carbonyl (C=O) groups excluding carboxylic acids is 4. The molecule has 0 spiro atoms. The second-order valence-corrected chi connectivity index (χ2v) is 9.22. The van der Waals surface area contributed by atoms with Gasteiger partial charge in [0.05, 0.1) is 24.0 Å². The third-order valence-corrected chi connectivity index (χ3v) is 6.81. The van der Waals surface area contributed by atoms with Crippen LogP contribution in [0.1, 0.15) is 54.2 Å². The summed E-state index contributed by atoms with van der Waals surface area (Å²) in [7, 11) is 1.51. The third-order valence-electron chi connectivity index (χ3n) is 6.81. The van der Waals surface area contributed by atoms with Gasteiger partial charge in [0.2, 0.25) is 11.8 Å². The van der Waals surface area contributed by atoms with Crippen LogP contribution in [0.5, 0.6) is 5.75 Å². The molecule has 1 saturated heterocycles. The maximum atomic E-state index is 14.8. The summed E-state index contributed by atoms with van der Waals surface area (Å²) < 4.78 is 20.1. The van der Waals surface area contributed by atoms with E-state index < -0.39 is 35.7 Å². The minimum atomic E-state index is -0.859. The third kappa shape index (κ3) is 3.78. The number of aromatic nitrogens is 1. The molecule has 34 heavy (non-hydrogen) atoms. The van der Waals surface area contributed by atoms with E-state index in [2.05, 4.69) is 17.2 Å². The Labute approximate surface area is 194 Å². The highest BCUT2D eigenvalue weighted by Crippen LogP contribution is 2.46. The summed E-state index contributed by atoms with van der Waals surface area (Å²) in [5.74, 6) is -2.37. The zero-order valence-corrected chi connectivity index (χ0v) is 18.8. The van der Waals surface area contributed by atoms with Gasteiger partial charge in [-0.05, 0) is 37.5 Å². The Balaban J connectivity index is 1.31. The number of amides is 4. The van der Waals surface area contributed by atoms with E-state index in [4.69, 9.17) is 4.74 Å². The van der Waals surface area contributed by atoms with Crippen LogP contribution in [0.15, 0.2) is 30.5 Å². The number of nitrogens with one attached hydrogen (secondary N) is 1. The molecule has 1 N–H and O–H groups in total. The zero-order chi connectivity index (χ0) is 24.2. The Hall–Kier alpha value is -3.82. The molecule has 2 aromatic rings. The molecule has 4 amide bonds. The highest BCUT2D eigenvalue weighted by Gasteiger charge is 2.41. The van der Waals surface area contributed by atoms with Crippen molar-refractivity contribution in [1.82, 2.24) is 15.2 Å². The molecule has 2 aliphatic heterocycles. The number of hydrogen-bond donors (Lipinski definition) is 1. The highest BCUT2D eigenvalue weighted by atomic mass is 19.1. The van der Waals surface area contributed by atoms with E-state index in [-0.39, 0.29) is 41.7 Å². The molecular weight excluding hydrogens is 443 g/mol. The molecule has 1 saturated carbocycles. The quantitative estimate of drug-likeness (QED) is 0.694. The van der Waals surface area contributed by atoms with E-state index in [0.29, 0.717) is 5.69 Å². The van der Waals surface area contributed by atoms with Gasteiger partial charge in [-0.1, -0.05) is 6.92 Å². The second-order valence-electron chi connectivity index (χ2n) is 9.22. The van der Waals surface area contributed by atoms with Crippen LogP contribution in [0.4, 0.5) is 14.9 Å². The topological polar surface area (TPSA) is 109 Å². The molecule has 5 rings (SSSR count). The van der Waals surface area contributed by atoms with E-state index in [1.54, 1.807) is 12.3 Å². The van der Waals surface area contributed by atoms with Gasteiger partial charge in [-0.25, -0.2) is 9.18 Å². The summed E-state index contributed by atoms with van der Waals surface area (Å²) >= 11 is 0. The number of nitrogens with zero attached hydrogens (tertiary/aromatic N) is 3. The molecule has 3 aliphatic rings. The molecule has 3 heterocycles.